The van der Waals surface area contributed by atoms with Crippen molar-refractivity contribution in [1.82, 2.24) is 21.0 Å². The van der Waals surface area contributed by atoms with Crippen LogP contribution in [-0.4, -0.2) is 276 Å². The lowest BCUT2D eigenvalue weighted by Crippen LogP contribution is -2.69. The zero-order valence-corrected chi connectivity index (χ0v) is 81.4. The molecule has 0 aromatic heterocycles. The van der Waals surface area contributed by atoms with Crippen LogP contribution >= 0.6 is 55.9 Å². The van der Waals surface area contributed by atoms with Gasteiger partial charge in [-0.05, 0) is 178 Å². The summed E-state index contributed by atoms with van der Waals surface area (Å²) in [6, 6.07) is 2.79. The smallest absolute Gasteiger partial charge is 0.410 e. The summed E-state index contributed by atoms with van der Waals surface area (Å²) < 4.78 is 75.2. The summed E-state index contributed by atoms with van der Waals surface area (Å²) in [6.45, 7) is 21.2. The summed E-state index contributed by atoms with van der Waals surface area (Å²) in [6.07, 6.45) is -13.9. The number of likely N-dealkylation sites (N-methyl/N-ethyl adjacent to an activating group) is 1. The Morgan fingerprint density at radius 3 is 2.13 bits per heavy atom. The van der Waals surface area contributed by atoms with Gasteiger partial charge in [-0.2, -0.15) is 5.48 Å². The Morgan fingerprint density at radius 2 is 1.50 bits per heavy atom. The van der Waals surface area contributed by atoms with Gasteiger partial charge >= 0.3 is 12.1 Å². The number of ketones is 4. The highest BCUT2D eigenvalue weighted by Gasteiger charge is 2.78. The van der Waals surface area contributed by atoms with Crippen LogP contribution in [0.3, 0.4) is 0 Å². The number of aliphatic hydroxyl groups is 5. The average molecular weight is 1990 g/mol. The van der Waals surface area contributed by atoms with Crippen LogP contribution in [0.5, 0.6) is 17.2 Å². The molecule has 39 heteroatoms. The number of unbranched alkanes of at least 4 members (excludes halogenated alkanes) is 1. The van der Waals surface area contributed by atoms with Gasteiger partial charge in [0.1, 0.15) is 66.2 Å². The molecule has 5 amide bonds. The monoisotopic (exact) mass is 1990 g/mol. The van der Waals surface area contributed by atoms with Crippen LogP contribution in [0.2, 0.25) is 0 Å². The topological polar surface area (TPSA) is 504 Å². The van der Waals surface area contributed by atoms with Gasteiger partial charge in [-0.3, -0.25) is 28.8 Å². The highest BCUT2D eigenvalue weighted by Crippen LogP contribution is 2.70. The van der Waals surface area contributed by atoms with Gasteiger partial charge in [-0.15, -0.1) is 0 Å². The number of hydroxylamine groups is 1. The van der Waals surface area contributed by atoms with Gasteiger partial charge in [0.25, 0.3) is 0 Å². The van der Waals surface area contributed by atoms with Crippen LogP contribution in [0.1, 0.15) is 175 Å². The quantitative estimate of drug-likeness (QED) is 0.00799. The molecule has 15 N–H and O–H groups in total. The van der Waals surface area contributed by atoms with E-state index in [4.69, 9.17) is 78.9 Å². The third kappa shape index (κ3) is 25.9. The minimum atomic E-state index is -1.86. The third-order valence-electron chi connectivity index (χ3n) is 24.9. The Labute approximate surface area is 786 Å². The second-order valence-corrected chi connectivity index (χ2v) is 40.3. The molecule has 6 fully saturated rings. The fraction of sp³-hybridized carbons (Fsp3) is 0.681. The van der Waals surface area contributed by atoms with E-state index in [0.717, 1.165) is 18.2 Å². The number of urea groups is 1. The second kappa shape index (κ2) is 48.7. The van der Waals surface area contributed by atoms with E-state index >= 15 is 0 Å². The van der Waals surface area contributed by atoms with Crippen LogP contribution in [0.15, 0.2) is 47.6 Å². The van der Waals surface area contributed by atoms with Crippen molar-refractivity contribution in [1.29, 1.82) is 0 Å². The number of nitrogens with zero attached hydrogens (tertiary/aromatic N) is 1. The van der Waals surface area contributed by atoms with E-state index in [-0.39, 0.29) is 128 Å². The zero-order valence-electron chi connectivity index (χ0n) is 76.8. The number of methoxy groups -OCH3 is 4. The zero-order chi connectivity index (χ0) is 95.6. The van der Waals surface area contributed by atoms with Gasteiger partial charge < -0.3 is 130 Å². The van der Waals surface area contributed by atoms with Crippen molar-refractivity contribution in [3.05, 3.63) is 67.8 Å². The van der Waals surface area contributed by atoms with Gasteiger partial charge in [0.05, 0.1) is 89.3 Å². The molecule has 722 valence electrons. The maximum absolute atomic E-state index is 14.7. The van der Waals surface area contributed by atoms with E-state index < -0.39 is 185 Å². The van der Waals surface area contributed by atoms with Crippen LogP contribution in [-0.2, 0) is 82.8 Å². The minimum absolute atomic E-state index is 0.00154. The van der Waals surface area contributed by atoms with E-state index in [1.165, 1.54) is 58.0 Å². The summed E-state index contributed by atoms with van der Waals surface area (Å²) in [5.41, 5.74) is 18.8. The van der Waals surface area contributed by atoms with Crippen molar-refractivity contribution in [3.63, 3.8) is 0 Å². The van der Waals surface area contributed by atoms with Gasteiger partial charge in [0.2, 0.25) is 29.0 Å². The molecule has 4 saturated heterocycles. The molecular formula is C91H131IN8O27S3. The summed E-state index contributed by atoms with van der Waals surface area (Å²) in [4.78, 5) is 130. The molecule has 2 saturated carbocycles. The van der Waals surface area contributed by atoms with Crippen molar-refractivity contribution < 1.29 is 130 Å². The number of halogens is 1. The number of benzene rings is 2. The van der Waals surface area contributed by atoms with Gasteiger partial charge in [-0.25, -0.2) is 9.59 Å². The lowest BCUT2D eigenvalue weighted by Gasteiger charge is -2.60. The fourth-order valence-corrected chi connectivity index (χ4v) is 22.2. The second-order valence-electron chi connectivity index (χ2n) is 35.1. The van der Waals surface area contributed by atoms with Crippen LogP contribution < -0.4 is 52.8 Å². The molecule has 35 nitrogen and oxygen atoms in total. The summed E-state index contributed by atoms with van der Waals surface area (Å²) >= 11 is 2.79. The number of amides is 5. The number of ether oxygens (including phenoxy) is 12. The molecule has 3 unspecified atom stereocenters. The highest BCUT2D eigenvalue weighted by atomic mass is 127. The first-order chi connectivity index (χ1) is 61.7. The molecule has 7 aliphatic rings. The summed E-state index contributed by atoms with van der Waals surface area (Å²) in [5, 5.41) is 67.0. The van der Waals surface area contributed by atoms with E-state index in [0.29, 0.717) is 69.6 Å². The molecule has 4 heterocycles. The number of Topliss-reactive ketones (excluding diaryl/α,β-unsaturated/α-hetero) is 4. The Hall–Kier alpha value is -6.63. The van der Waals surface area contributed by atoms with Gasteiger partial charge in [-0.1, -0.05) is 95.5 Å². The van der Waals surface area contributed by atoms with E-state index in [1.807, 2.05) is 28.7 Å². The molecule has 0 bridgehead atoms. The number of anilines is 1. The molecular weight excluding hydrogens is 1860 g/mol. The largest absolute Gasteiger partial charge is 0.492 e. The van der Waals surface area contributed by atoms with E-state index in [2.05, 4.69) is 59.0 Å². The third-order valence-corrected chi connectivity index (χ3v) is 30.7. The van der Waals surface area contributed by atoms with E-state index in [9.17, 15) is 68.7 Å². The summed E-state index contributed by atoms with van der Waals surface area (Å²) in [7, 11) is 8.64. The lowest BCUT2D eigenvalue weighted by atomic mass is 9.44. The Bertz CT molecular complexity index is 4480. The predicted molar refractivity (Wildman–Crippen MR) is 493 cm³/mol. The first kappa shape index (κ1) is 107. The molecule has 25 atom stereocenters. The number of hydrogen-bond donors (Lipinski definition) is 12. The van der Waals surface area contributed by atoms with Crippen LogP contribution in [0.25, 0.3) is 0 Å². The Kier molecular flexibility index (Phi) is 40.1. The normalized spacial score (nSPS) is 30.8. The number of carbonyl (C=O) groups is 9. The van der Waals surface area contributed by atoms with Crippen molar-refractivity contribution in [3.8, 4) is 40.9 Å². The SMILES string of the molecule is CCN(C(=O)OCc1ccc(NC(=O)[C@H](CCCNC(N)=O)CC(=O)[C@@H](NC(=O)[C@H](CCCCN)CC(C)=O)C(C)C)cc1)[C@H]1CO[C@@H](O[C@H]2[C@H](O[C@H]3C#C/C=C(/C)C#CC45C(CC(C)=O)C(=O)C[C@]4(O)/C(=C/CSSC(C)(C)CCN)C35)O[C@H](C)[C@@H](NO[C@H]3C[C@H](O)[C@H](SC(=O)c4c(C)c(I)c(O[C@@H]5O[C@@H](C)[C@H](O)[C@@H](OC)[C@H]5O)c(OC)c4OC)[C@@H](C)O3)[C@@H]2O)C[C@@H]1OC. The van der Waals surface area contributed by atoms with Gasteiger partial charge in [0.15, 0.2) is 36.2 Å². The van der Waals surface area contributed by atoms with Crippen LogP contribution in [0.4, 0.5) is 15.3 Å². The molecule has 9 rings (SSSR count). The number of hydrogen-bond acceptors (Lipinski definition) is 33. The number of carbonyl (C=O) groups excluding carboxylic acids is 9. The molecule has 130 heavy (non-hydrogen) atoms. The maximum Gasteiger partial charge on any atom is 0.410 e. The van der Waals surface area contributed by atoms with Crippen molar-refractivity contribution in [2.75, 3.05) is 72.3 Å². The molecule has 2 aromatic rings. The molecule has 0 radical (unpaired) electrons. The highest BCUT2D eigenvalue weighted by molar-refractivity contribution is 14.1. The number of nitrogens with one attached hydrogen (secondary N) is 4. The van der Waals surface area contributed by atoms with Crippen molar-refractivity contribution in [2.45, 2.75) is 293 Å². The molecule has 2 aromatic carbocycles. The average Bonchev–Trinajstić information content (AvgIpc) is 1.46. The number of allylic oxidation sites excluding steroid dienone is 2. The van der Waals surface area contributed by atoms with Crippen LogP contribution in [0, 0.1) is 69.2 Å². The molecule has 4 aliphatic heterocycles. The Balaban J connectivity index is 0.928. The fourth-order valence-electron chi connectivity index (χ4n) is 17.9. The standard InChI is InChI=1S/C91H131IN8O27S3/c1-17-100(88(113)120-44-54-26-28-57(29-27-54)97-82(109)56(24-21-36-96-87(95)112)40-61(103)71(46(2)3)98-83(110)55(38-48(5)101)23-18-19-34-93)60-45-119-66(42-65(60)115-13)125-79-74(107)72(51(8)122-86(79)124-64-25-20-22-47(4)30-32-90-59(39-49(6)102)63(105)43-91(90,114)58(69(64)90)31-37-128-130-89(11,12)33-35-94)99-127-67-41-62(104)81(53(10)121-67)129-84(111)68-50(7)70(92)77(80(118-16)76(68)116-14)126-85-75(108)78(117-15)73(106)52(9)123-85/h22,26-29,31,46,51-53,55-56,59-60,62,64-67,69,71-75,78-79,81,85-86,99,104,106-108,114H,17-19,21,23-24,33-45,93-94H2,1-16H3,(H,97,109)(H,98,110)(H3,95,96,112)/b47-22-,58-31+/t51-,52+,53-,55-,56-,59?,60+,62+,64+,65+,66+,67+,69?,71+,72-,73+,74+,75-,78-,79-,81-,85+,86+,90?,91+/m1/s1. The predicted octanol–water partition coefficient (Wildman–Crippen LogP) is 6.91. The first-order valence-corrected chi connectivity index (χ1v) is 48.4. The Morgan fingerprint density at radius 1 is 0.808 bits per heavy atom. The lowest BCUT2D eigenvalue weighted by molar-refractivity contribution is -0.343. The van der Waals surface area contributed by atoms with E-state index in [1.54, 1.807) is 96.5 Å². The number of aliphatic hydroxyl groups excluding tert-OH is 4. The van der Waals surface area contributed by atoms with Gasteiger partial charge in [0, 0.05) is 111 Å². The molecule has 3 aliphatic carbocycles. The number of rotatable bonds is 45. The number of nitrogens with two attached hydrogens (primary N) is 3. The summed E-state index contributed by atoms with van der Waals surface area (Å²) in [5.74, 6) is 7.06. The van der Waals surface area contributed by atoms with Crippen molar-refractivity contribution >= 4 is 114 Å². The number of primary amides is 1. The number of thioether (sulfide) groups is 1. The minimum Gasteiger partial charge on any atom is -0.492 e. The first-order valence-electron chi connectivity index (χ1n) is 44.1. The van der Waals surface area contributed by atoms with Crippen molar-refractivity contribution in [2.24, 2.45) is 52.2 Å². The maximum atomic E-state index is 14.7. The molecule has 1 spiro atoms.